The Morgan fingerprint density at radius 2 is 1.82 bits per heavy atom. The van der Waals surface area contributed by atoms with E-state index in [9.17, 15) is 23.1 Å². The van der Waals surface area contributed by atoms with E-state index in [1.54, 1.807) is 16.8 Å². The van der Waals surface area contributed by atoms with Crippen molar-refractivity contribution in [2.24, 2.45) is 0 Å². The third-order valence-electron chi connectivity index (χ3n) is 4.38. The van der Waals surface area contributed by atoms with Crippen molar-refractivity contribution in [3.8, 4) is 17.0 Å². The number of ether oxygens (including phenoxy) is 1. The molecule has 9 nitrogen and oxygen atoms in total. The van der Waals surface area contributed by atoms with Gasteiger partial charge in [0, 0.05) is 17.0 Å². The molecule has 0 aliphatic carbocycles. The first-order valence-corrected chi connectivity index (χ1v) is 12.9. The number of phenols is 1. The van der Waals surface area contributed by atoms with E-state index in [1.165, 1.54) is 29.5 Å². The molecule has 0 unspecified atom stereocenters. The molecule has 1 amide bonds. The zero-order valence-corrected chi connectivity index (χ0v) is 19.7. The van der Waals surface area contributed by atoms with Crippen LogP contribution in [0.4, 0.5) is 10.8 Å². The molecule has 0 aliphatic rings. The molecule has 2 aromatic carbocycles. The van der Waals surface area contributed by atoms with Gasteiger partial charge in [-0.05, 0) is 23.6 Å². The lowest BCUT2D eigenvalue weighted by molar-refractivity contribution is -0.119. The molecule has 0 radical (unpaired) electrons. The van der Waals surface area contributed by atoms with Gasteiger partial charge in [-0.3, -0.25) is 14.8 Å². The summed E-state index contributed by atoms with van der Waals surface area (Å²) in [7, 11) is -3.80. The molecule has 0 saturated carbocycles. The summed E-state index contributed by atoms with van der Waals surface area (Å²) in [6.45, 7) is -0.592. The van der Waals surface area contributed by atoms with Gasteiger partial charge in [-0.25, -0.2) is 18.2 Å². The standard InChI is InChI=1S/C22H17N3O6S3/c26-18-11-15(25-34(29,30)20-7-4-10-32-20)8-9-16(18)21(28)31-12-19(27)24-22-23-17(13-33-22)14-5-2-1-3-6-14/h1-11,13,25-26H,12H2,(H,23,24,27). The fourth-order valence-electron chi connectivity index (χ4n) is 2.83. The van der Waals surface area contributed by atoms with Crippen LogP contribution >= 0.6 is 22.7 Å². The first-order valence-electron chi connectivity index (χ1n) is 9.69. The molecule has 34 heavy (non-hydrogen) atoms. The van der Waals surface area contributed by atoms with Gasteiger partial charge in [0.2, 0.25) is 0 Å². The van der Waals surface area contributed by atoms with Crippen LogP contribution in [0.3, 0.4) is 0 Å². The summed E-state index contributed by atoms with van der Waals surface area (Å²) >= 11 is 2.27. The van der Waals surface area contributed by atoms with E-state index in [-0.39, 0.29) is 15.5 Å². The molecule has 174 valence electrons. The fraction of sp³-hybridized carbons (Fsp3) is 0.0455. The lowest BCUT2D eigenvalue weighted by Gasteiger charge is -2.09. The lowest BCUT2D eigenvalue weighted by Crippen LogP contribution is -2.21. The second-order valence-electron chi connectivity index (χ2n) is 6.80. The van der Waals surface area contributed by atoms with E-state index in [1.807, 2.05) is 30.3 Å². The predicted molar refractivity (Wildman–Crippen MR) is 130 cm³/mol. The molecule has 2 heterocycles. The number of phenolic OH excluding ortho intramolecular Hbond substituents is 1. The number of amides is 1. The number of hydrogen-bond donors (Lipinski definition) is 3. The van der Waals surface area contributed by atoms with Crippen LogP contribution in [0.15, 0.2) is 75.6 Å². The van der Waals surface area contributed by atoms with E-state index < -0.39 is 34.3 Å². The summed E-state index contributed by atoms with van der Waals surface area (Å²) in [5.41, 5.74) is 1.46. The molecule has 4 rings (SSSR count). The highest BCUT2D eigenvalue weighted by atomic mass is 32.2. The van der Waals surface area contributed by atoms with Crippen molar-refractivity contribution in [2.45, 2.75) is 4.21 Å². The van der Waals surface area contributed by atoms with Gasteiger partial charge in [0.15, 0.2) is 11.7 Å². The largest absolute Gasteiger partial charge is 0.507 e. The Balaban J connectivity index is 1.33. The van der Waals surface area contributed by atoms with Gasteiger partial charge in [-0.1, -0.05) is 36.4 Å². The Bertz CT molecular complexity index is 1420. The zero-order chi connectivity index (χ0) is 24.1. The molecule has 0 bridgehead atoms. The van der Waals surface area contributed by atoms with Crippen LogP contribution in [0.25, 0.3) is 11.3 Å². The van der Waals surface area contributed by atoms with E-state index >= 15 is 0 Å². The molecule has 2 aromatic heterocycles. The lowest BCUT2D eigenvalue weighted by atomic mass is 10.2. The maximum Gasteiger partial charge on any atom is 0.342 e. The summed E-state index contributed by atoms with van der Waals surface area (Å²) in [5.74, 6) is -2.03. The molecular weight excluding hydrogens is 498 g/mol. The van der Waals surface area contributed by atoms with Crippen LogP contribution in [0.1, 0.15) is 10.4 Å². The van der Waals surface area contributed by atoms with Crippen molar-refractivity contribution >= 4 is 55.4 Å². The van der Waals surface area contributed by atoms with Crippen LogP contribution in [0.2, 0.25) is 0 Å². The van der Waals surface area contributed by atoms with E-state index in [2.05, 4.69) is 15.0 Å². The van der Waals surface area contributed by atoms with Gasteiger partial charge in [0.25, 0.3) is 15.9 Å². The Labute approximate surface area is 202 Å². The maximum atomic E-state index is 12.3. The van der Waals surface area contributed by atoms with Crippen LogP contribution in [0.5, 0.6) is 5.75 Å². The maximum absolute atomic E-state index is 12.3. The Kier molecular flexibility index (Phi) is 6.91. The number of sulfonamides is 1. The molecule has 0 fully saturated rings. The Hall–Kier alpha value is -3.74. The number of esters is 1. The van der Waals surface area contributed by atoms with Gasteiger partial charge in [0.05, 0.1) is 11.4 Å². The second kappa shape index (κ2) is 10.0. The molecule has 0 spiro atoms. The average molecular weight is 516 g/mol. The summed E-state index contributed by atoms with van der Waals surface area (Å²) < 4.78 is 32.0. The number of thiophene rings is 1. The summed E-state index contributed by atoms with van der Waals surface area (Å²) in [6, 6.07) is 16.1. The third kappa shape index (κ3) is 5.60. The number of hydrogen-bond acceptors (Lipinski definition) is 9. The zero-order valence-electron chi connectivity index (χ0n) is 17.3. The number of nitrogens with one attached hydrogen (secondary N) is 2. The molecule has 0 atom stereocenters. The van der Waals surface area contributed by atoms with Gasteiger partial charge in [0.1, 0.15) is 15.5 Å². The number of thiazole rings is 1. The number of aromatic nitrogens is 1. The first-order chi connectivity index (χ1) is 16.3. The van der Waals surface area contributed by atoms with Crippen LogP contribution in [0, 0.1) is 0 Å². The number of rotatable bonds is 8. The number of anilines is 2. The molecular formula is C22H17N3O6S3. The number of benzene rings is 2. The van der Waals surface area contributed by atoms with Crippen molar-refractivity contribution in [3.63, 3.8) is 0 Å². The van der Waals surface area contributed by atoms with Gasteiger partial charge >= 0.3 is 5.97 Å². The minimum atomic E-state index is -3.80. The quantitative estimate of drug-likeness (QED) is 0.300. The van der Waals surface area contributed by atoms with Crippen molar-refractivity contribution in [3.05, 3.63) is 77.0 Å². The number of carbonyl (C=O) groups excluding carboxylic acids is 2. The summed E-state index contributed by atoms with van der Waals surface area (Å²) in [5, 5.41) is 16.5. The van der Waals surface area contributed by atoms with Gasteiger partial charge in [-0.2, -0.15) is 0 Å². The van der Waals surface area contributed by atoms with Crippen LogP contribution in [-0.4, -0.2) is 37.0 Å². The van der Waals surface area contributed by atoms with Crippen molar-refractivity contribution in [1.29, 1.82) is 0 Å². The monoisotopic (exact) mass is 515 g/mol. The van der Waals surface area contributed by atoms with Crippen molar-refractivity contribution in [1.82, 2.24) is 4.98 Å². The highest BCUT2D eigenvalue weighted by molar-refractivity contribution is 7.94. The Morgan fingerprint density at radius 3 is 2.53 bits per heavy atom. The number of nitrogens with zero attached hydrogens (tertiary/aromatic N) is 1. The number of carbonyl (C=O) groups is 2. The predicted octanol–water partition coefficient (Wildman–Crippen LogP) is 4.17. The smallest absolute Gasteiger partial charge is 0.342 e. The average Bonchev–Trinajstić information content (AvgIpc) is 3.51. The highest BCUT2D eigenvalue weighted by Gasteiger charge is 2.19. The summed E-state index contributed by atoms with van der Waals surface area (Å²) in [6.07, 6.45) is 0. The van der Waals surface area contributed by atoms with Crippen molar-refractivity contribution in [2.75, 3.05) is 16.6 Å². The molecule has 3 N–H and O–H groups in total. The fourth-order valence-corrected chi connectivity index (χ4v) is 5.60. The topological polar surface area (TPSA) is 135 Å². The first kappa shape index (κ1) is 23.4. The van der Waals surface area contributed by atoms with E-state index in [0.717, 1.165) is 23.0 Å². The van der Waals surface area contributed by atoms with E-state index in [0.29, 0.717) is 10.8 Å². The SMILES string of the molecule is O=C(COC(=O)c1ccc(NS(=O)(=O)c2cccs2)cc1O)Nc1nc(-c2ccccc2)cs1. The van der Waals surface area contributed by atoms with Gasteiger partial charge in [-0.15, -0.1) is 22.7 Å². The van der Waals surface area contributed by atoms with Gasteiger partial charge < -0.3 is 9.84 Å². The minimum Gasteiger partial charge on any atom is -0.507 e. The van der Waals surface area contributed by atoms with Crippen LogP contribution in [-0.2, 0) is 19.6 Å². The Morgan fingerprint density at radius 1 is 1.03 bits per heavy atom. The molecule has 0 aliphatic heterocycles. The molecule has 0 saturated heterocycles. The summed E-state index contributed by atoms with van der Waals surface area (Å²) in [4.78, 5) is 28.8. The third-order valence-corrected chi connectivity index (χ3v) is 7.92. The normalized spacial score (nSPS) is 11.1. The highest BCUT2D eigenvalue weighted by Crippen LogP contribution is 2.27. The minimum absolute atomic E-state index is 0.0678. The van der Waals surface area contributed by atoms with Crippen LogP contribution < -0.4 is 10.0 Å². The molecule has 12 heteroatoms. The molecule has 4 aromatic rings. The second-order valence-corrected chi connectivity index (χ2v) is 10.5. The number of aromatic hydroxyl groups is 1. The van der Waals surface area contributed by atoms with Crippen molar-refractivity contribution < 1.29 is 27.9 Å². The van der Waals surface area contributed by atoms with E-state index in [4.69, 9.17) is 4.74 Å².